The number of hydrogen-bond donors (Lipinski definition) is 1. The van der Waals surface area contributed by atoms with E-state index in [0.717, 1.165) is 6.26 Å². The van der Waals surface area contributed by atoms with E-state index >= 15 is 0 Å². The smallest absolute Gasteiger partial charge is 0.257 e. The van der Waals surface area contributed by atoms with E-state index in [1.165, 1.54) is 23.5 Å². The molecule has 0 aliphatic carbocycles. The summed E-state index contributed by atoms with van der Waals surface area (Å²) in [7, 11) is -5.27. The Labute approximate surface area is 224 Å². The fourth-order valence-corrected chi connectivity index (χ4v) is 5.22. The molecule has 3 aromatic rings. The highest BCUT2D eigenvalue weighted by Crippen LogP contribution is 2.37. The van der Waals surface area contributed by atoms with Crippen LogP contribution in [0.4, 0.5) is 5.13 Å². The number of hydrogen-bond acceptors (Lipinski definition) is 8. The van der Waals surface area contributed by atoms with Gasteiger partial charge in [0.25, 0.3) is 5.91 Å². The fraction of sp³-hybridized carbons (Fsp3) is 0.385. The number of thiazole rings is 1. The number of nitrogens with zero attached hydrogens (tertiary/aromatic N) is 1. The van der Waals surface area contributed by atoms with Crippen molar-refractivity contribution < 1.29 is 27.1 Å². The first-order valence-electron chi connectivity index (χ1n) is 11.8. The van der Waals surface area contributed by atoms with Gasteiger partial charge in [-0.3, -0.25) is 10.1 Å². The summed E-state index contributed by atoms with van der Waals surface area (Å²) in [6, 6.07) is 11.0. The molecule has 0 aliphatic heterocycles. The largest absolute Gasteiger partial charge is 0.488 e. The SMILES string of the molecule is C[C@@H](CO[Si](C)(C)C(C)(C)C)Oc1cc(Oc2ccc(S(C)(=O)=O)cc2)cc(C(=O)Nc2nccs2)c1. The first kappa shape index (κ1) is 28.8. The van der Waals surface area contributed by atoms with E-state index in [9.17, 15) is 13.2 Å². The zero-order valence-electron chi connectivity index (χ0n) is 22.2. The molecule has 1 atom stereocenters. The molecule has 0 aliphatic rings. The molecule has 1 N–H and O–H groups in total. The number of aromatic nitrogens is 1. The van der Waals surface area contributed by atoms with Crippen molar-refractivity contribution >= 4 is 40.5 Å². The third-order valence-electron chi connectivity index (χ3n) is 6.10. The van der Waals surface area contributed by atoms with Gasteiger partial charge in [-0.1, -0.05) is 20.8 Å². The number of rotatable bonds is 10. The van der Waals surface area contributed by atoms with Crippen LogP contribution >= 0.6 is 11.3 Å². The van der Waals surface area contributed by atoms with Crippen molar-refractivity contribution in [2.75, 3.05) is 18.2 Å². The van der Waals surface area contributed by atoms with Crippen LogP contribution in [0, 0.1) is 0 Å². The predicted octanol–water partition coefficient (Wildman–Crippen LogP) is 6.38. The lowest BCUT2D eigenvalue weighted by molar-refractivity contribution is 0.102. The molecule has 0 bridgehead atoms. The first-order chi connectivity index (χ1) is 17.1. The van der Waals surface area contributed by atoms with Gasteiger partial charge in [0.15, 0.2) is 23.3 Å². The molecule has 0 fully saturated rings. The van der Waals surface area contributed by atoms with Crippen molar-refractivity contribution in [1.82, 2.24) is 4.98 Å². The maximum atomic E-state index is 12.9. The maximum absolute atomic E-state index is 12.9. The molecule has 37 heavy (non-hydrogen) atoms. The van der Waals surface area contributed by atoms with Crippen molar-refractivity contribution in [2.45, 2.75) is 56.8 Å². The second-order valence-corrected chi connectivity index (χ2v) is 18.0. The van der Waals surface area contributed by atoms with E-state index < -0.39 is 18.2 Å². The second kappa shape index (κ2) is 11.3. The van der Waals surface area contributed by atoms with Crippen LogP contribution in [-0.4, -0.2) is 46.6 Å². The van der Waals surface area contributed by atoms with Gasteiger partial charge in [-0.2, -0.15) is 0 Å². The van der Waals surface area contributed by atoms with Crippen molar-refractivity contribution in [3.05, 3.63) is 59.6 Å². The zero-order chi connectivity index (χ0) is 27.4. The van der Waals surface area contributed by atoms with Crippen molar-refractivity contribution in [3.63, 3.8) is 0 Å². The van der Waals surface area contributed by atoms with Crippen LogP contribution < -0.4 is 14.8 Å². The lowest BCUT2D eigenvalue weighted by atomic mass is 10.2. The fourth-order valence-electron chi connectivity index (χ4n) is 2.98. The molecule has 0 unspecified atom stereocenters. The monoisotopic (exact) mass is 562 g/mol. The highest BCUT2D eigenvalue weighted by molar-refractivity contribution is 7.90. The summed E-state index contributed by atoms with van der Waals surface area (Å²) in [5.74, 6) is 0.875. The number of amides is 1. The molecule has 8 nitrogen and oxygen atoms in total. The Bertz CT molecular complexity index is 1320. The minimum absolute atomic E-state index is 0.0776. The minimum atomic E-state index is -3.32. The van der Waals surface area contributed by atoms with Gasteiger partial charge in [0.2, 0.25) is 0 Å². The Morgan fingerprint density at radius 3 is 2.30 bits per heavy atom. The third kappa shape index (κ3) is 8.13. The van der Waals surface area contributed by atoms with E-state index in [1.807, 2.05) is 6.92 Å². The Morgan fingerprint density at radius 1 is 1.08 bits per heavy atom. The van der Waals surface area contributed by atoms with E-state index in [2.05, 4.69) is 44.2 Å². The van der Waals surface area contributed by atoms with Crippen LogP contribution in [0.3, 0.4) is 0 Å². The van der Waals surface area contributed by atoms with E-state index in [0.29, 0.717) is 34.6 Å². The number of sulfone groups is 1. The van der Waals surface area contributed by atoms with E-state index in [1.54, 1.807) is 41.9 Å². The van der Waals surface area contributed by atoms with Gasteiger partial charge < -0.3 is 13.9 Å². The number of anilines is 1. The molecule has 0 spiro atoms. The van der Waals surface area contributed by atoms with Gasteiger partial charge in [0.1, 0.15) is 23.4 Å². The van der Waals surface area contributed by atoms with Gasteiger partial charge in [-0.25, -0.2) is 13.4 Å². The number of ether oxygens (including phenoxy) is 2. The first-order valence-corrected chi connectivity index (χ1v) is 17.5. The third-order valence-corrected chi connectivity index (χ3v) is 12.4. The molecule has 11 heteroatoms. The highest BCUT2D eigenvalue weighted by atomic mass is 32.2. The normalized spacial score (nSPS) is 13.2. The summed E-state index contributed by atoms with van der Waals surface area (Å²) < 4.78 is 41.9. The lowest BCUT2D eigenvalue weighted by Crippen LogP contribution is -2.43. The predicted molar refractivity (Wildman–Crippen MR) is 149 cm³/mol. The van der Waals surface area contributed by atoms with E-state index in [-0.39, 0.29) is 21.9 Å². The molecule has 2 aromatic carbocycles. The standard InChI is InChI=1S/C26H34N2O6S2Si/c1-18(17-32-37(6,7)26(2,3)4)33-21-14-19(24(29)28-25-27-12-13-35-25)15-22(16-21)34-20-8-10-23(11-9-20)36(5,30)31/h8-16,18H,17H2,1-7H3,(H,27,28,29)/t18-/m0/s1. The molecule has 3 rings (SSSR count). The van der Waals surface area contributed by atoms with Crippen LogP contribution in [0.5, 0.6) is 17.2 Å². The average Bonchev–Trinajstić information content (AvgIpc) is 3.29. The van der Waals surface area contributed by atoms with E-state index in [4.69, 9.17) is 13.9 Å². The van der Waals surface area contributed by atoms with Crippen LogP contribution in [0.1, 0.15) is 38.1 Å². The van der Waals surface area contributed by atoms with Crippen LogP contribution in [-0.2, 0) is 14.3 Å². The lowest BCUT2D eigenvalue weighted by Gasteiger charge is -2.36. The number of nitrogens with one attached hydrogen (secondary N) is 1. The summed E-state index contributed by atoms with van der Waals surface area (Å²) in [4.78, 5) is 17.2. The zero-order valence-corrected chi connectivity index (χ0v) is 24.8. The molecule has 0 saturated carbocycles. The topological polar surface area (TPSA) is 104 Å². The molecular formula is C26H34N2O6S2Si. The summed E-state index contributed by atoms with van der Waals surface area (Å²) in [6.45, 7) is 13.2. The molecule has 1 heterocycles. The molecule has 200 valence electrons. The summed E-state index contributed by atoms with van der Waals surface area (Å²) in [5, 5.41) is 5.09. The number of carbonyl (C=O) groups is 1. The average molecular weight is 563 g/mol. The van der Waals surface area contributed by atoms with Gasteiger partial charge >= 0.3 is 0 Å². The summed E-state index contributed by atoms with van der Waals surface area (Å²) in [6.07, 6.45) is 2.49. The second-order valence-electron chi connectivity index (χ2n) is 10.3. The van der Waals surface area contributed by atoms with Gasteiger partial charge in [-0.05, 0) is 61.5 Å². The highest BCUT2D eigenvalue weighted by Gasteiger charge is 2.37. The summed E-state index contributed by atoms with van der Waals surface area (Å²) >= 11 is 1.31. The van der Waals surface area contributed by atoms with Gasteiger partial charge in [0.05, 0.1) is 11.5 Å². The number of benzene rings is 2. The van der Waals surface area contributed by atoms with Gasteiger partial charge in [0, 0.05) is 29.5 Å². The molecule has 0 radical (unpaired) electrons. The van der Waals surface area contributed by atoms with Crippen LogP contribution in [0.25, 0.3) is 0 Å². The Kier molecular flexibility index (Phi) is 8.84. The number of carbonyl (C=O) groups excluding carboxylic acids is 1. The molecule has 0 saturated heterocycles. The molecular weight excluding hydrogens is 529 g/mol. The van der Waals surface area contributed by atoms with Crippen molar-refractivity contribution in [1.29, 1.82) is 0 Å². The maximum Gasteiger partial charge on any atom is 0.257 e. The van der Waals surface area contributed by atoms with Crippen molar-refractivity contribution in [2.24, 2.45) is 0 Å². The van der Waals surface area contributed by atoms with Gasteiger partial charge in [-0.15, -0.1) is 11.3 Å². The molecule has 1 aromatic heterocycles. The molecule has 1 amide bonds. The van der Waals surface area contributed by atoms with Crippen molar-refractivity contribution in [3.8, 4) is 17.2 Å². The Balaban J connectivity index is 1.83. The summed E-state index contributed by atoms with van der Waals surface area (Å²) in [5.41, 5.74) is 0.327. The van der Waals surface area contributed by atoms with Crippen LogP contribution in [0.15, 0.2) is 58.9 Å². The van der Waals surface area contributed by atoms with Crippen LogP contribution in [0.2, 0.25) is 18.1 Å². The quantitative estimate of drug-likeness (QED) is 0.286. The minimum Gasteiger partial charge on any atom is -0.488 e. The Hall–Kier alpha value is -2.73. The Morgan fingerprint density at radius 2 is 1.73 bits per heavy atom.